The second-order valence-electron chi connectivity index (χ2n) is 7.50. The van der Waals surface area contributed by atoms with Gasteiger partial charge in [-0.25, -0.2) is 4.98 Å². The van der Waals surface area contributed by atoms with E-state index in [9.17, 15) is 9.59 Å². The van der Waals surface area contributed by atoms with Crippen LogP contribution in [0.1, 0.15) is 50.2 Å². The van der Waals surface area contributed by atoms with Gasteiger partial charge in [0, 0.05) is 43.4 Å². The molecule has 2 bridgehead atoms. The minimum absolute atomic E-state index is 0.0647. The van der Waals surface area contributed by atoms with E-state index >= 15 is 0 Å². The maximum Gasteiger partial charge on any atom is 0.254 e. The number of carbonyl (C=O) groups is 1. The van der Waals surface area contributed by atoms with E-state index in [0.29, 0.717) is 35.5 Å². The van der Waals surface area contributed by atoms with Crippen molar-refractivity contribution in [2.75, 3.05) is 26.2 Å². The van der Waals surface area contributed by atoms with Crippen molar-refractivity contribution in [2.45, 2.75) is 58.9 Å². The van der Waals surface area contributed by atoms with Crippen molar-refractivity contribution >= 4 is 5.91 Å². The number of carbonyl (C=O) groups excluding carboxylic acids is 1. The summed E-state index contributed by atoms with van der Waals surface area (Å²) in [4.78, 5) is 37.0. The first-order valence-electron chi connectivity index (χ1n) is 9.62. The summed E-state index contributed by atoms with van der Waals surface area (Å²) in [5.74, 6) is 1.31. The lowest BCUT2D eigenvalue weighted by molar-refractivity contribution is -0.130. The van der Waals surface area contributed by atoms with E-state index in [4.69, 9.17) is 0 Å². The number of nitrogens with zero attached hydrogens (tertiary/aromatic N) is 3. The highest BCUT2D eigenvalue weighted by Gasteiger charge is 2.36. The topological polar surface area (TPSA) is 69.3 Å². The Balaban J connectivity index is 1.73. The fourth-order valence-electron chi connectivity index (χ4n) is 4.25. The minimum Gasteiger partial charge on any atom is -0.341 e. The maximum atomic E-state index is 12.9. The summed E-state index contributed by atoms with van der Waals surface area (Å²) < 4.78 is 0. The van der Waals surface area contributed by atoms with E-state index in [-0.39, 0.29) is 17.9 Å². The summed E-state index contributed by atoms with van der Waals surface area (Å²) in [6.07, 6.45) is 4.39. The van der Waals surface area contributed by atoms with Gasteiger partial charge in [0.05, 0.1) is 6.42 Å². The normalized spacial score (nSPS) is 23.7. The molecule has 3 fully saturated rings. The Bertz CT molecular complexity index is 684. The van der Waals surface area contributed by atoms with Crippen molar-refractivity contribution < 1.29 is 4.79 Å². The van der Waals surface area contributed by atoms with Gasteiger partial charge in [0.1, 0.15) is 5.82 Å². The van der Waals surface area contributed by atoms with E-state index < -0.39 is 0 Å². The third-order valence-electron chi connectivity index (χ3n) is 5.62. The van der Waals surface area contributed by atoms with Crippen molar-refractivity contribution in [3.05, 3.63) is 27.4 Å². The lowest BCUT2D eigenvalue weighted by Gasteiger charge is -2.35. The SMILES string of the molecule is CCCN1C[C@@H]2CC[C@H]1CN(C(=O)Cc1c(C)nc(CC)[nH]c1=O)C2. The lowest BCUT2D eigenvalue weighted by atomic mass is 9.95. The van der Waals surface area contributed by atoms with Gasteiger partial charge < -0.3 is 9.88 Å². The van der Waals surface area contributed by atoms with E-state index in [2.05, 4.69) is 21.8 Å². The average molecular weight is 346 g/mol. The third kappa shape index (κ3) is 3.94. The molecule has 3 aliphatic rings. The zero-order valence-electron chi connectivity index (χ0n) is 15.7. The first-order valence-corrected chi connectivity index (χ1v) is 9.62. The molecule has 0 unspecified atom stereocenters. The molecule has 138 valence electrons. The number of aryl methyl sites for hydroxylation is 2. The number of fused-ring (bicyclic) bond motifs is 4. The number of hydrogen-bond acceptors (Lipinski definition) is 4. The average Bonchev–Trinajstić information content (AvgIpc) is 2.90. The predicted octanol–water partition coefficient (Wildman–Crippen LogP) is 1.52. The molecule has 1 aromatic heterocycles. The van der Waals surface area contributed by atoms with Crippen molar-refractivity contribution in [3.8, 4) is 0 Å². The molecule has 0 saturated carbocycles. The van der Waals surface area contributed by atoms with Gasteiger partial charge in [-0.15, -0.1) is 0 Å². The minimum atomic E-state index is -0.164. The number of amides is 1. The molecule has 0 aromatic carbocycles. The second kappa shape index (κ2) is 7.68. The summed E-state index contributed by atoms with van der Waals surface area (Å²) in [7, 11) is 0. The van der Waals surface area contributed by atoms with Crippen LogP contribution in [0.3, 0.4) is 0 Å². The molecule has 4 heterocycles. The summed E-state index contributed by atoms with van der Waals surface area (Å²) in [5.41, 5.74) is 1.03. The number of rotatable bonds is 5. The molecule has 0 aliphatic carbocycles. The van der Waals surface area contributed by atoms with E-state index in [0.717, 1.165) is 32.6 Å². The number of aromatic nitrogens is 2. The quantitative estimate of drug-likeness (QED) is 0.878. The van der Waals surface area contributed by atoms with Gasteiger partial charge in [0.25, 0.3) is 5.56 Å². The smallest absolute Gasteiger partial charge is 0.254 e. The lowest BCUT2D eigenvalue weighted by Crippen LogP contribution is -2.45. The Hall–Kier alpha value is -1.69. The van der Waals surface area contributed by atoms with Gasteiger partial charge in [0.15, 0.2) is 0 Å². The van der Waals surface area contributed by atoms with Crippen LogP contribution in [-0.4, -0.2) is 57.9 Å². The molecule has 4 rings (SSSR count). The first kappa shape index (κ1) is 18.1. The van der Waals surface area contributed by atoms with E-state index in [1.165, 1.54) is 12.8 Å². The van der Waals surface area contributed by atoms with Crippen molar-refractivity contribution in [1.29, 1.82) is 0 Å². The molecule has 0 radical (unpaired) electrons. The monoisotopic (exact) mass is 346 g/mol. The number of nitrogens with one attached hydrogen (secondary N) is 1. The summed E-state index contributed by atoms with van der Waals surface area (Å²) in [5, 5.41) is 0. The fraction of sp³-hybridized carbons (Fsp3) is 0.737. The van der Waals surface area contributed by atoms with Gasteiger partial charge in [-0.1, -0.05) is 13.8 Å². The molecular formula is C19H30N4O2. The number of H-pyrrole nitrogens is 1. The van der Waals surface area contributed by atoms with Gasteiger partial charge in [0.2, 0.25) is 5.91 Å². The third-order valence-corrected chi connectivity index (χ3v) is 5.62. The second-order valence-corrected chi connectivity index (χ2v) is 7.50. The molecule has 3 aliphatic heterocycles. The van der Waals surface area contributed by atoms with Crippen LogP contribution >= 0.6 is 0 Å². The van der Waals surface area contributed by atoms with Crippen LogP contribution in [0.5, 0.6) is 0 Å². The number of hydrogen-bond donors (Lipinski definition) is 1. The maximum absolute atomic E-state index is 12.9. The van der Waals surface area contributed by atoms with Crippen molar-refractivity contribution in [1.82, 2.24) is 19.8 Å². The van der Waals surface area contributed by atoms with Gasteiger partial charge in [-0.05, 0) is 38.6 Å². The van der Waals surface area contributed by atoms with Crippen LogP contribution in [0.2, 0.25) is 0 Å². The highest BCUT2D eigenvalue weighted by Crippen LogP contribution is 2.28. The predicted molar refractivity (Wildman–Crippen MR) is 97.6 cm³/mol. The molecule has 1 aromatic rings. The standard InChI is InChI=1S/C19H30N4O2/c1-4-8-22-10-14-6-7-15(22)12-23(11-14)18(24)9-16-13(3)20-17(5-2)21-19(16)25/h14-15H,4-12H2,1-3H3,(H,20,21,25)/t14-,15-/m0/s1. The zero-order valence-corrected chi connectivity index (χ0v) is 15.7. The molecule has 6 nitrogen and oxygen atoms in total. The first-order chi connectivity index (χ1) is 12.0. The molecule has 2 atom stereocenters. The molecule has 1 amide bonds. The molecule has 6 heteroatoms. The molecule has 1 N–H and O–H groups in total. The van der Waals surface area contributed by atoms with Gasteiger partial charge in [-0.3, -0.25) is 14.5 Å². The van der Waals surface area contributed by atoms with Crippen molar-refractivity contribution in [3.63, 3.8) is 0 Å². The number of aromatic amines is 1. The number of piperidine rings is 1. The summed E-state index contributed by atoms with van der Waals surface area (Å²) in [6, 6.07) is 0.475. The highest BCUT2D eigenvalue weighted by molar-refractivity contribution is 5.79. The Kier molecular flexibility index (Phi) is 5.57. The van der Waals surface area contributed by atoms with E-state index in [1.54, 1.807) is 0 Å². The summed E-state index contributed by atoms with van der Waals surface area (Å²) >= 11 is 0. The van der Waals surface area contributed by atoms with Crippen LogP contribution in [0.4, 0.5) is 0 Å². The molecule has 3 saturated heterocycles. The van der Waals surface area contributed by atoms with Gasteiger partial charge in [-0.2, -0.15) is 0 Å². The zero-order chi connectivity index (χ0) is 18.0. The fourth-order valence-corrected chi connectivity index (χ4v) is 4.25. The van der Waals surface area contributed by atoms with E-state index in [1.807, 2.05) is 18.7 Å². The Labute approximate surface area is 149 Å². The molecule has 25 heavy (non-hydrogen) atoms. The van der Waals surface area contributed by atoms with Crippen LogP contribution in [0, 0.1) is 12.8 Å². The van der Waals surface area contributed by atoms with Crippen LogP contribution in [0.15, 0.2) is 4.79 Å². The molecular weight excluding hydrogens is 316 g/mol. The van der Waals surface area contributed by atoms with Crippen LogP contribution in [0.25, 0.3) is 0 Å². The Morgan fingerprint density at radius 2 is 2.04 bits per heavy atom. The highest BCUT2D eigenvalue weighted by atomic mass is 16.2. The molecule has 0 spiro atoms. The Morgan fingerprint density at radius 1 is 1.24 bits per heavy atom. The van der Waals surface area contributed by atoms with Crippen LogP contribution < -0.4 is 5.56 Å². The largest absolute Gasteiger partial charge is 0.341 e. The summed E-state index contributed by atoms with van der Waals surface area (Å²) in [6.45, 7) is 9.84. The van der Waals surface area contributed by atoms with Gasteiger partial charge >= 0.3 is 0 Å². The van der Waals surface area contributed by atoms with Crippen LogP contribution in [-0.2, 0) is 17.6 Å². The van der Waals surface area contributed by atoms with Crippen molar-refractivity contribution in [2.24, 2.45) is 5.92 Å². The Morgan fingerprint density at radius 3 is 2.72 bits per heavy atom.